The summed E-state index contributed by atoms with van der Waals surface area (Å²) >= 11 is 5.68. The first kappa shape index (κ1) is 10.5. The van der Waals surface area contributed by atoms with E-state index in [-0.39, 0.29) is 4.90 Å². The van der Waals surface area contributed by atoms with Crippen molar-refractivity contribution in [2.24, 2.45) is 5.84 Å². The van der Waals surface area contributed by atoms with Gasteiger partial charge in [-0.05, 0) is 30.7 Å². The van der Waals surface area contributed by atoms with Gasteiger partial charge in [-0.1, -0.05) is 11.6 Å². The number of aryl methyl sites for hydroxylation is 1. The number of hydrogen-bond donors (Lipinski definition) is 2. The van der Waals surface area contributed by atoms with Crippen molar-refractivity contribution >= 4 is 21.6 Å². The predicted octanol–water partition coefficient (Wildman–Crippen LogP) is 0.800. The summed E-state index contributed by atoms with van der Waals surface area (Å²) in [4.78, 5) is 1.80. The third-order valence-corrected chi connectivity index (χ3v) is 2.87. The van der Waals surface area contributed by atoms with Crippen LogP contribution >= 0.6 is 11.6 Å². The van der Waals surface area contributed by atoms with E-state index < -0.39 is 10.0 Å². The second kappa shape index (κ2) is 3.63. The summed E-state index contributed by atoms with van der Waals surface area (Å²) in [5, 5.41) is 0.369. The average Bonchev–Trinajstić information content (AvgIpc) is 2.02. The van der Waals surface area contributed by atoms with Gasteiger partial charge < -0.3 is 0 Å². The summed E-state index contributed by atoms with van der Waals surface area (Å²) in [5.74, 6) is 4.86. The molecule has 1 aromatic rings. The molecule has 0 amide bonds. The molecule has 0 unspecified atom stereocenters. The van der Waals surface area contributed by atoms with E-state index in [4.69, 9.17) is 17.4 Å². The zero-order valence-electron chi connectivity index (χ0n) is 6.91. The maximum atomic E-state index is 11.2. The zero-order valence-corrected chi connectivity index (χ0v) is 8.48. The first-order valence-corrected chi connectivity index (χ1v) is 5.31. The molecule has 6 heteroatoms. The van der Waals surface area contributed by atoms with Gasteiger partial charge in [0, 0.05) is 5.02 Å². The van der Waals surface area contributed by atoms with Gasteiger partial charge in [-0.2, -0.15) is 4.83 Å². The van der Waals surface area contributed by atoms with Crippen molar-refractivity contribution in [1.82, 2.24) is 4.83 Å². The molecule has 0 aromatic heterocycles. The third-order valence-electron chi connectivity index (χ3n) is 1.48. The van der Waals surface area contributed by atoms with Crippen LogP contribution in [0.1, 0.15) is 5.56 Å². The first-order chi connectivity index (χ1) is 5.95. The van der Waals surface area contributed by atoms with Crippen molar-refractivity contribution in [3.63, 3.8) is 0 Å². The molecule has 0 fully saturated rings. The van der Waals surface area contributed by atoms with Gasteiger partial charge >= 0.3 is 0 Å². The molecule has 1 aromatic carbocycles. The summed E-state index contributed by atoms with van der Waals surface area (Å²) in [6, 6.07) is 4.49. The van der Waals surface area contributed by atoms with Gasteiger partial charge in [0.15, 0.2) is 0 Å². The highest BCUT2D eigenvalue weighted by Crippen LogP contribution is 2.17. The molecule has 3 N–H and O–H groups in total. The Kier molecular flexibility index (Phi) is 2.92. The van der Waals surface area contributed by atoms with Gasteiger partial charge in [-0.15, -0.1) is 0 Å². The van der Waals surface area contributed by atoms with Crippen LogP contribution in [-0.4, -0.2) is 8.42 Å². The molecule has 0 radical (unpaired) electrons. The molecule has 0 aliphatic heterocycles. The molecule has 0 aliphatic carbocycles. The molecule has 0 saturated heterocycles. The van der Waals surface area contributed by atoms with Crippen LogP contribution in [0, 0.1) is 6.92 Å². The molecule has 1 rings (SSSR count). The van der Waals surface area contributed by atoms with Crippen LogP contribution in [0.5, 0.6) is 0 Å². The Labute approximate surface area is 81.7 Å². The van der Waals surface area contributed by atoms with E-state index in [2.05, 4.69) is 0 Å². The Morgan fingerprint density at radius 1 is 1.38 bits per heavy atom. The normalized spacial score (nSPS) is 11.6. The topological polar surface area (TPSA) is 72.2 Å². The first-order valence-electron chi connectivity index (χ1n) is 3.45. The van der Waals surface area contributed by atoms with Crippen molar-refractivity contribution in [2.45, 2.75) is 11.8 Å². The number of nitrogens with two attached hydrogens (primary N) is 1. The van der Waals surface area contributed by atoms with E-state index in [9.17, 15) is 8.42 Å². The number of halogens is 1. The van der Waals surface area contributed by atoms with Crippen LogP contribution < -0.4 is 10.7 Å². The highest BCUT2D eigenvalue weighted by molar-refractivity contribution is 7.89. The van der Waals surface area contributed by atoms with Crippen LogP contribution in [-0.2, 0) is 10.0 Å². The fourth-order valence-electron chi connectivity index (χ4n) is 0.926. The van der Waals surface area contributed by atoms with Crippen molar-refractivity contribution < 1.29 is 8.42 Å². The molecule has 0 atom stereocenters. The average molecular weight is 221 g/mol. The lowest BCUT2D eigenvalue weighted by atomic mass is 10.2. The second-order valence-electron chi connectivity index (χ2n) is 2.59. The van der Waals surface area contributed by atoms with Crippen molar-refractivity contribution in [2.75, 3.05) is 0 Å². The van der Waals surface area contributed by atoms with Crippen LogP contribution in [0.25, 0.3) is 0 Å². The SMILES string of the molecule is Cc1cc(Cl)cc(S(=O)(=O)NN)c1. The molecule has 0 spiro atoms. The Balaban J connectivity index is 3.32. The number of hydrogen-bond acceptors (Lipinski definition) is 3. The summed E-state index contributed by atoms with van der Waals surface area (Å²) < 4.78 is 22.4. The Morgan fingerprint density at radius 2 is 2.00 bits per heavy atom. The van der Waals surface area contributed by atoms with E-state index >= 15 is 0 Å². The fraction of sp³-hybridized carbons (Fsp3) is 0.143. The highest BCUT2D eigenvalue weighted by atomic mass is 35.5. The van der Waals surface area contributed by atoms with Crippen LogP contribution in [0.3, 0.4) is 0 Å². The quantitative estimate of drug-likeness (QED) is 0.572. The predicted molar refractivity (Wildman–Crippen MR) is 50.7 cm³/mol. The molecule has 0 bridgehead atoms. The van der Waals surface area contributed by atoms with Crippen LogP contribution in [0.15, 0.2) is 23.1 Å². The van der Waals surface area contributed by atoms with Crippen molar-refractivity contribution in [1.29, 1.82) is 0 Å². The minimum atomic E-state index is -3.60. The standard InChI is InChI=1S/C7H9ClN2O2S/c1-5-2-6(8)4-7(3-5)13(11,12)10-9/h2-4,10H,9H2,1H3. The Hall–Kier alpha value is -0.620. The molecular formula is C7H9ClN2O2S. The molecule has 0 heterocycles. The molecule has 4 nitrogen and oxygen atoms in total. The van der Waals surface area contributed by atoms with E-state index in [0.29, 0.717) is 5.02 Å². The summed E-state index contributed by atoms with van der Waals surface area (Å²) in [7, 11) is -3.60. The lowest BCUT2D eigenvalue weighted by Crippen LogP contribution is -2.30. The number of sulfonamides is 1. The maximum Gasteiger partial charge on any atom is 0.253 e. The molecule has 0 aliphatic rings. The van der Waals surface area contributed by atoms with Gasteiger partial charge in [0.05, 0.1) is 4.90 Å². The van der Waals surface area contributed by atoms with E-state index in [0.717, 1.165) is 5.56 Å². The smallest absolute Gasteiger partial charge is 0.253 e. The van der Waals surface area contributed by atoms with Gasteiger partial charge in [0.25, 0.3) is 10.0 Å². The minimum Gasteiger partial charge on any atom is -0.257 e. The van der Waals surface area contributed by atoms with Crippen LogP contribution in [0.2, 0.25) is 5.02 Å². The van der Waals surface area contributed by atoms with E-state index in [1.54, 1.807) is 17.8 Å². The second-order valence-corrected chi connectivity index (χ2v) is 4.74. The largest absolute Gasteiger partial charge is 0.257 e. The van der Waals surface area contributed by atoms with Gasteiger partial charge in [0.2, 0.25) is 0 Å². The molecule has 13 heavy (non-hydrogen) atoms. The number of hydrazine groups is 1. The van der Waals surface area contributed by atoms with Crippen molar-refractivity contribution in [3.05, 3.63) is 28.8 Å². The van der Waals surface area contributed by atoms with Crippen molar-refractivity contribution in [3.8, 4) is 0 Å². The summed E-state index contributed by atoms with van der Waals surface area (Å²) in [5.41, 5.74) is 0.765. The molecule has 0 saturated carbocycles. The fourth-order valence-corrected chi connectivity index (χ4v) is 2.04. The minimum absolute atomic E-state index is 0.0694. The van der Waals surface area contributed by atoms with E-state index in [1.807, 2.05) is 0 Å². The maximum absolute atomic E-state index is 11.2. The number of benzene rings is 1. The lowest BCUT2D eigenvalue weighted by Gasteiger charge is -2.03. The summed E-state index contributed by atoms with van der Waals surface area (Å²) in [6.07, 6.45) is 0. The highest BCUT2D eigenvalue weighted by Gasteiger charge is 2.12. The summed E-state index contributed by atoms with van der Waals surface area (Å²) in [6.45, 7) is 1.75. The van der Waals surface area contributed by atoms with Gasteiger partial charge in [-0.3, -0.25) is 5.84 Å². The molecule has 72 valence electrons. The lowest BCUT2D eigenvalue weighted by molar-refractivity contribution is 0.584. The zero-order chi connectivity index (χ0) is 10.1. The molecular weight excluding hydrogens is 212 g/mol. The van der Waals surface area contributed by atoms with Gasteiger partial charge in [-0.25, -0.2) is 8.42 Å². The monoisotopic (exact) mass is 220 g/mol. The van der Waals surface area contributed by atoms with Crippen LogP contribution in [0.4, 0.5) is 0 Å². The van der Waals surface area contributed by atoms with E-state index in [1.165, 1.54) is 12.1 Å². The van der Waals surface area contributed by atoms with Gasteiger partial charge in [0.1, 0.15) is 0 Å². The number of nitrogens with one attached hydrogen (secondary N) is 1. The Morgan fingerprint density at radius 3 is 2.46 bits per heavy atom. The number of rotatable bonds is 2. The third kappa shape index (κ3) is 2.41. The Bertz CT molecular complexity index is 396.